The fraction of sp³-hybridized carbons (Fsp3) is 0.214. The van der Waals surface area contributed by atoms with E-state index < -0.39 is 5.97 Å². The van der Waals surface area contributed by atoms with Gasteiger partial charge < -0.3 is 15.0 Å². The molecular weight excluding hydrogens is 338 g/mol. The average Bonchev–Trinajstić information content (AvgIpc) is 2.81. The minimum Gasteiger partial charge on any atom is -0.478 e. The van der Waals surface area contributed by atoms with Gasteiger partial charge in [0.25, 0.3) is 5.91 Å². The molecule has 2 aromatic rings. The van der Waals surface area contributed by atoms with Crippen molar-refractivity contribution in [2.75, 3.05) is 5.32 Å². The van der Waals surface area contributed by atoms with Gasteiger partial charge in [-0.05, 0) is 41.9 Å². The van der Waals surface area contributed by atoms with E-state index in [0.29, 0.717) is 5.69 Å². The first-order valence-corrected chi connectivity index (χ1v) is 7.05. The number of hydrogen-bond acceptors (Lipinski definition) is 3. The van der Waals surface area contributed by atoms with Crippen LogP contribution in [0.3, 0.4) is 0 Å². The molecule has 2 aromatic heterocycles. The number of carbonyl (C=O) groups is 2. The van der Waals surface area contributed by atoms with E-state index >= 15 is 0 Å². The lowest BCUT2D eigenvalue weighted by atomic mass is 10.2. The molecule has 7 heteroatoms. The summed E-state index contributed by atoms with van der Waals surface area (Å²) in [5, 5.41) is 11.7. The predicted molar refractivity (Wildman–Crippen MR) is 81.7 cm³/mol. The minimum atomic E-state index is -1.12. The van der Waals surface area contributed by atoms with Crippen LogP contribution in [0.15, 0.2) is 35.2 Å². The molecule has 2 heterocycles. The third kappa shape index (κ3) is 3.30. The molecule has 2 rings (SSSR count). The lowest BCUT2D eigenvalue weighted by molar-refractivity contribution is 0.0698. The van der Waals surface area contributed by atoms with Crippen LogP contribution in [0.1, 0.15) is 40.7 Å². The van der Waals surface area contributed by atoms with E-state index in [9.17, 15) is 9.59 Å². The van der Waals surface area contributed by atoms with Crippen LogP contribution in [0.5, 0.6) is 0 Å². The number of rotatable bonds is 4. The largest absolute Gasteiger partial charge is 0.478 e. The molecule has 0 unspecified atom stereocenters. The Morgan fingerprint density at radius 3 is 2.76 bits per heavy atom. The highest BCUT2D eigenvalue weighted by molar-refractivity contribution is 9.10. The lowest BCUT2D eigenvalue weighted by Gasteiger charge is -2.13. The molecule has 0 aromatic carbocycles. The zero-order valence-corrected chi connectivity index (χ0v) is 13.1. The summed E-state index contributed by atoms with van der Waals surface area (Å²) >= 11 is 3.34. The van der Waals surface area contributed by atoms with Crippen LogP contribution in [-0.2, 0) is 0 Å². The van der Waals surface area contributed by atoms with Crippen molar-refractivity contribution >= 4 is 33.5 Å². The molecule has 0 atom stereocenters. The van der Waals surface area contributed by atoms with Crippen molar-refractivity contribution in [2.45, 2.75) is 19.9 Å². The number of halogens is 1. The fourth-order valence-corrected chi connectivity index (χ4v) is 2.36. The summed E-state index contributed by atoms with van der Waals surface area (Å²) in [5.74, 6) is -1.50. The van der Waals surface area contributed by atoms with Gasteiger partial charge in [0.2, 0.25) is 0 Å². The lowest BCUT2D eigenvalue weighted by Crippen LogP contribution is -2.19. The quantitative estimate of drug-likeness (QED) is 0.885. The molecule has 0 aliphatic heterocycles. The van der Waals surface area contributed by atoms with Crippen LogP contribution < -0.4 is 5.32 Å². The molecule has 0 radical (unpaired) electrons. The third-order valence-corrected chi connectivity index (χ3v) is 3.34. The topological polar surface area (TPSA) is 84.2 Å². The Bertz CT molecular complexity index is 695. The summed E-state index contributed by atoms with van der Waals surface area (Å²) in [6.07, 6.45) is 4.49. The molecule has 6 nitrogen and oxygen atoms in total. The molecule has 0 saturated carbocycles. The monoisotopic (exact) mass is 351 g/mol. The van der Waals surface area contributed by atoms with Crippen LogP contribution in [0, 0.1) is 0 Å². The van der Waals surface area contributed by atoms with Gasteiger partial charge in [-0.2, -0.15) is 0 Å². The molecule has 0 spiro atoms. The van der Waals surface area contributed by atoms with Gasteiger partial charge in [0.05, 0.1) is 17.4 Å². The van der Waals surface area contributed by atoms with E-state index in [1.165, 1.54) is 18.5 Å². The first-order valence-electron chi connectivity index (χ1n) is 6.26. The van der Waals surface area contributed by atoms with E-state index in [4.69, 9.17) is 5.11 Å². The third-order valence-electron chi connectivity index (χ3n) is 2.90. The van der Waals surface area contributed by atoms with E-state index in [2.05, 4.69) is 26.2 Å². The second-order valence-corrected chi connectivity index (χ2v) is 5.64. The Morgan fingerprint density at radius 2 is 2.14 bits per heavy atom. The Kier molecular flexibility index (Phi) is 4.42. The van der Waals surface area contributed by atoms with Gasteiger partial charge in [-0.25, -0.2) is 4.79 Å². The molecular formula is C14H14BrN3O3. The molecule has 110 valence electrons. The van der Waals surface area contributed by atoms with Gasteiger partial charge in [0.15, 0.2) is 0 Å². The molecule has 0 saturated heterocycles. The van der Waals surface area contributed by atoms with Crippen LogP contribution in [0.2, 0.25) is 0 Å². The Hall–Kier alpha value is -2.15. The van der Waals surface area contributed by atoms with E-state index in [0.717, 1.165) is 4.47 Å². The van der Waals surface area contributed by atoms with E-state index in [1.807, 2.05) is 13.8 Å². The normalized spacial score (nSPS) is 10.7. The zero-order chi connectivity index (χ0) is 15.6. The van der Waals surface area contributed by atoms with Crippen molar-refractivity contribution in [1.29, 1.82) is 0 Å². The number of aromatic nitrogens is 2. The summed E-state index contributed by atoms with van der Waals surface area (Å²) in [4.78, 5) is 27.3. The molecule has 0 fully saturated rings. The highest BCUT2D eigenvalue weighted by atomic mass is 79.9. The van der Waals surface area contributed by atoms with Gasteiger partial charge in [0.1, 0.15) is 5.69 Å². The van der Waals surface area contributed by atoms with Gasteiger partial charge >= 0.3 is 5.97 Å². The second-order valence-electron chi connectivity index (χ2n) is 4.73. The predicted octanol–water partition coefficient (Wildman–Crippen LogP) is 3.18. The van der Waals surface area contributed by atoms with Gasteiger partial charge in [-0.3, -0.25) is 9.78 Å². The van der Waals surface area contributed by atoms with Gasteiger partial charge in [0, 0.05) is 22.9 Å². The highest BCUT2D eigenvalue weighted by Crippen LogP contribution is 2.21. The van der Waals surface area contributed by atoms with Crippen LogP contribution in [-0.4, -0.2) is 26.5 Å². The molecule has 0 aliphatic carbocycles. The van der Waals surface area contributed by atoms with Crippen molar-refractivity contribution in [1.82, 2.24) is 9.55 Å². The molecule has 0 aliphatic rings. The summed E-state index contributed by atoms with van der Waals surface area (Å²) in [6.45, 7) is 3.91. The van der Waals surface area contributed by atoms with Crippen LogP contribution in [0.4, 0.5) is 5.69 Å². The van der Waals surface area contributed by atoms with Crippen molar-refractivity contribution < 1.29 is 14.7 Å². The maximum Gasteiger partial charge on any atom is 0.337 e. The van der Waals surface area contributed by atoms with Gasteiger partial charge in [-0.1, -0.05) is 0 Å². The number of anilines is 1. The molecule has 2 N–H and O–H groups in total. The van der Waals surface area contributed by atoms with Crippen molar-refractivity contribution in [3.63, 3.8) is 0 Å². The Labute approximate surface area is 129 Å². The Morgan fingerprint density at radius 1 is 1.43 bits per heavy atom. The van der Waals surface area contributed by atoms with Crippen LogP contribution >= 0.6 is 15.9 Å². The number of nitrogens with zero attached hydrogens (tertiary/aromatic N) is 2. The molecule has 1 amide bonds. The first kappa shape index (κ1) is 15.2. The van der Waals surface area contributed by atoms with Gasteiger partial charge in [-0.15, -0.1) is 0 Å². The summed E-state index contributed by atoms with van der Waals surface area (Å²) < 4.78 is 2.59. The number of aromatic carboxylic acids is 1. The SMILES string of the molecule is CC(C)n1cc(Br)cc1C(=O)Nc1cnccc1C(=O)O. The number of hydrogen-bond donors (Lipinski definition) is 2. The van der Waals surface area contributed by atoms with Crippen molar-refractivity contribution in [3.8, 4) is 0 Å². The first-order chi connectivity index (χ1) is 9.90. The maximum atomic E-state index is 12.4. The Balaban J connectivity index is 2.33. The van der Waals surface area contributed by atoms with E-state index in [1.54, 1.807) is 16.8 Å². The summed E-state index contributed by atoms with van der Waals surface area (Å²) in [7, 11) is 0. The van der Waals surface area contributed by atoms with E-state index in [-0.39, 0.29) is 23.2 Å². The number of carboxylic acid groups (broad SMARTS) is 1. The molecule has 0 bridgehead atoms. The van der Waals surface area contributed by atoms with Crippen LogP contribution in [0.25, 0.3) is 0 Å². The number of pyridine rings is 1. The smallest absolute Gasteiger partial charge is 0.337 e. The second kappa shape index (κ2) is 6.09. The average molecular weight is 352 g/mol. The number of carboxylic acids is 1. The number of amides is 1. The highest BCUT2D eigenvalue weighted by Gasteiger charge is 2.18. The van der Waals surface area contributed by atoms with Crippen molar-refractivity contribution in [2.24, 2.45) is 0 Å². The molecule has 21 heavy (non-hydrogen) atoms. The maximum absolute atomic E-state index is 12.4. The summed E-state index contributed by atoms with van der Waals surface area (Å²) in [5.41, 5.74) is 0.611. The number of carbonyl (C=O) groups excluding carboxylic acids is 1. The zero-order valence-electron chi connectivity index (χ0n) is 11.5. The minimum absolute atomic E-state index is 0.0000637. The fourth-order valence-electron chi connectivity index (χ4n) is 1.92. The van der Waals surface area contributed by atoms with Crippen molar-refractivity contribution in [3.05, 3.63) is 46.5 Å². The standard InChI is InChI=1S/C14H14BrN3O3/c1-8(2)18-7-9(15)5-12(18)13(19)17-11-6-16-4-3-10(11)14(20)21/h3-8H,1-2H3,(H,17,19)(H,20,21). The number of nitrogens with one attached hydrogen (secondary N) is 1. The summed E-state index contributed by atoms with van der Waals surface area (Å²) in [6, 6.07) is 3.13.